The van der Waals surface area contributed by atoms with Crippen LogP contribution in [0.3, 0.4) is 0 Å². The van der Waals surface area contributed by atoms with Gasteiger partial charge in [-0.05, 0) is 54.1 Å². The Morgan fingerprint density at radius 3 is 1.74 bits per heavy atom. The summed E-state index contributed by atoms with van der Waals surface area (Å²) in [5, 5.41) is 12.5. The van der Waals surface area contributed by atoms with E-state index in [1.54, 1.807) is 42.5 Å². The molecule has 0 spiro atoms. The van der Waals surface area contributed by atoms with Crippen molar-refractivity contribution in [1.82, 2.24) is 5.01 Å². The largest absolute Gasteiger partial charge is 0.379 e. The summed E-state index contributed by atoms with van der Waals surface area (Å²) in [6.07, 6.45) is 0. The molecule has 200 valence electrons. The minimum atomic E-state index is -4.44. The van der Waals surface area contributed by atoms with E-state index in [2.05, 4.69) is 10.2 Å². The zero-order valence-corrected chi connectivity index (χ0v) is 22.6. The molecular weight excluding hydrogens is 540 g/mol. The molecule has 10 nitrogen and oxygen atoms in total. The standard InChI is InChI=1S/C27H24N4O6S2/c1-30-19-20-10-9-15-26(27(20)31(30)2)29-28-21-16-24(38(32,33)36-22-11-5-3-6-12-22)18-25(17-21)39(34,35)37-23-13-7-4-8-14-23/h3-18H,19H2,1-2H3. The summed E-state index contributed by atoms with van der Waals surface area (Å²) in [6.45, 7) is 0.693. The van der Waals surface area contributed by atoms with Gasteiger partial charge in [0, 0.05) is 20.6 Å². The van der Waals surface area contributed by atoms with Crippen molar-refractivity contribution in [2.24, 2.45) is 10.2 Å². The van der Waals surface area contributed by atoms with Gasteiger partial charge in [-0.15, -0.1) is 5.11 Å². The Balaban J connectivity index is 1.57. The fraction of sp³-hybridized carbons (Fsp3) is 0.111. The third-order valence-electron chi connectivity index (χ3n) is 5.95. The Morgan fingerprint density at radius 2 is 1.21 bits per heavy atom. The van der Waals surface area contributed by atoms with Crippen LogP contribution in [0.2, 0.25) is 0 Å². The molecule has 0 unspecified atom stereocenters. The number of fused-ring (bicyclic) bond motifs is 1. The lowest BCUT2D eigenvalue weighted by atomic mass is 10.1. The summed E-state index contributed by atoms with van der Waals surface area (Å²) in [6, 6.07) is 24.7. The van der Waals surface area contributed by atoms with E-state index in [-0.39, 0.29) is 17.2 Å². The molecule has 0 amide bonds. The maximum atomic E-state index is 13.2. The molecule has 0 aromatic heterocycles. The molecule has 12 heteroatoms. The van der Waals surface area contributed by atoms with Crippen LogP contribution in [0, 0.1) is 0 Å². The highest BCUT2D eigenvalue weighted by atomic mass is 32.2. The van der Waals surface area contributed by atoms with E-state index < -0.39 is 30.0 Å². The summed E-state index contributed by atoms with van der Waals surface area (Å²) < 4.78 is 63.1. The van der Waals surface area contributed by atoms with Crippen molar-refractivity contribution in [1.29, 1.82) is 0 Å². The minimum Gasteiger partial charge on any atom is -0.379 e. The van der Waals surface area contributed by atoms with Crippen LogP contribution >= 0.6 is 0 Å². The molecule has 4 aromatic carbocycles. The summed E-state index contributed by atoms with van der Waals surface area (Å²) in [7, 11) is -5.04. The number of hydrogen-bond donors (Lipinski definition) is 0. The van der Waals surface area contributed by atoms with Crippen molar-refractivity contribution in [2.45, 2.75) is 16.3 Å². The number of hydrogen-bond acceptors (Lipinski definition) is 10. The number of anilines is 1. The molecule has 0 atom stereocenters. The SMILES string of the molecule is CN1Cc2cccc(N=Nc3cc(S(=O)(=O)Oc4ccccc4)cc(S(=O)(=O)Oc4ccccc4)c3)c2N1C. The zero-order valence-electron chi connectivity index (χ0n) is 21.0. The number of azo groups is 1. The number of para-hydroxylation sites is 3. The second kappa shape index (κ2) is 10.5. The highest BCUT2D eigenvalue weighted by Crippen LogP contribution is 2.39. The predicted octanol–water partition coefficient (Wildman–Crippen LogP) is 5.43. The second-order valence-corrected chi connectivity index (χ2v) is 11.8. The van der Waals surface area contributed by atoms with Crippen LogP contribution in [-0.2, 0) is 26.8 Å². The summed E-state index contributed by atoms with van der Waals surface area (Å²) in [5.41, 5.74) is 2.41. The first-order chi connectivity index (χ1) is 18.6. The zero-order chi connectivity index (χ0) is 27.6. The minimum absolute atomic E-state index is 0.0189. The van der Waals surface area contributed by atoms with Crippen molar-refractivity contribution >= 4 is 37.3 Å². The lowest BCUT2D eigenvalue weighted by molar-refractivity contribution is 0.345. The fourth-order valence-corrected chi connectivity index (χ4v) is 6.07. The van der Waals surface area contributed by atoms with Crippen LogP contribution in [0.1, 0.15) is 5.56 Å². The first-order valence-electron chi connectivity index (χ1n) is 11.7. The van der Waals surface area contributed by atoms with Gasteiger partial charge in [0.05, 0.1) is 11.4 Å². The molecular formula is C27H24N4O6S2. The van der Waals surface area contributed by atoms with Crippen LogP contribution in [-0.4, -0.2) is 35.9 Å². The van der Waals surface area contributed by atoms with Crippen molar-refractivity contribution in [2.75, 3.05) is 19.1 Å². The first kappa shape index (κ1) is 26.4. The maximum absolute atomic E-state index is 13.2. The number of rotatable bonds is 8. The maximum Gasteiger partial charge on any atom is 0.339 e. The van der Waals surface area contributed by atoms with Gasteiger partial charge in [0.1, 0.15) is 27.0 Å². The van der Waals surface area contributed by atoms with Crippen LogP contribution in [0.25, 0.3) is 0 Å². The lowest BCUT2D eigenvalue weighted by Gasteiger charge is -2.21. The quantitative estimate of drug-likeness (QED) is 0.205. The molecule has 0 saturated carbocycles. The van der Waals surface area contributed by atoms with Crippen molar-refractivity contribution in [3.05, 3.63) is 103 Å². The molecule has 5 rings (SSSR count). The monoisotopic (exact) mass is 564 g/mol. The number of benzene rings is 4. The molecule has 1 aliphatic rings. The van der Waals surface area contributed by atoms with E-state index in [0.717, 1.165) is 17.3 Å². The lowest BCUT2D eigenvalue weighted by Crippen LogP contribution is -2.29. The van der Waals surface area contributed by atoms with Gasteiger partial charge >= 0.3 is 20.2 Å². The van der Waals surface area contributed by atoms with Gasteiger partial charge in [-0.25, -0.2) is 5.01 Å². The predicted molar refractivity (Wildman–Crippen MR) is 145 cm³/mol. The van der Waals surface area contributed by atoms with E-state index in [1.165, 1.54) is 36.4 Å². The van der Waals surface area contributed by atoms with E-state index in [4.69, 9.17) is 8.37 Å². The Bertz CT molecular complexity index is 1660. The van der Waals surface area contributed by atoms with E-state index in [1.807, 2.05) is 36.2 Å². The molecule has 39 heavy (non-hydrogen) atoms. The van der Waals surface area contributed by atoms with E-state index in [9.17, 15) is 16.8 Å². The van der Waals surface area contributed by atoms with Crippen molar-refractivity contribution < 1.29 is 25.2 Å². The Kier molecular flexibility index (Phi) is 7.08. The van der Waals surface area contributed by atoms with Crippen molar-refractivity contribution in [3.63, 3.8) is 0 Å². The topological polar surface area (TPSA) is 118 Å². The fourth-order valence-electron chi connectivity index (χ4n) is 4.00. The highest BCUT2D eigenvalue weighted by Gasteiger charge is 2.26. The molecule has 4 aromatic rings. The van der Waals surface area contributed by atoms with E-state index >= 15 is 0 Å². The van der Waals surface area contributed by atoms with Crippen molar-refractivity contribution in [3.8, 4) is 11.5 Å². The molecule has 1 aliphatic heterocycles. The molecule has 0 N–H and O–H groups in total. The average molecular weight is 565 g/mol. The van der Waals surface area contributed by atoms with Crippen LogP contribution in [0.15, 0.2) is 117 Å². The number of nitrogens with zero attached hydrogens (tertiary/aromatic N) is 4. The van der Waals surface area contributed by atoms with Gasteiger partial charge in [0.15, 0.2) is 0 Å². The smallest absolute Gasteiger partial charge is 0.339 e. The van der Waals surface area contributed by atoms with Crippen LogP contribution < -0.4 is 13.4 Å². The third-order valence-corrected chi connectivity index (χ3v) is 8.40. The Hall–Kier alpha value is -4.26. The van der Waals surface area contributed by atoms with Gasteiger partial charge in [-0.1, -0.05) is 48.5 Å². The number of hydrazine groups is 1. The molecule has 0 fully saturated rings. The normalized spacial score (nSPS) is 13.9. The average Bonchev–Trinajstić information content (AvgIpc) is 3.21. The molecule has 0 bridgehead atoms. The van der Waals surface area contributed by atoms with Crippen LogP contribution in [0.4, 0.5) is 17.1 Å². The van der Waals surface area contributed by atoms with Gasteiger partial charge in [0.25, 0.3) is 0 Å². The van der Waals surface area contributed by atoms with Gasteiger partial charge in [-0.3, -0.25) is 0 Å². The van der Waals surface area contributed by atoms with Gasteiger partial charge < -0.3 is 13.4 Å². The van der Waals surface area contributed by atoms with Gasteiger partial charge in [-0.2, -0.15) is 21.9 Å². The third kappa shape index (κ3) is 5.77. The van der Waals surface area contributed by atoms with E-state index in [0.29, 0.717) is 12.2 Å². The summed E-state index contributed by atoms with van der Waals surface area (Å²) >= 11 is 0. The molecule has 0 saturated heterocycles. The Morgan fingerprint density at radius 1 is 0.667 bits per heavy atom. The first-order valence-corrected chi connectivity index (χ1v) is 14.6. The molecule has 1 heterocycles. The molecule has 0 radical (unpaired) electrons. The Labute approximate surface area is 227 Å². The van der Waals surface area contributed by atoms with Crippen LogP contribution in [0.5, 0.6) is 11.5 Å². The highest BCUT2D eigenvalue weighted by molar-refractivity contribution is 7.88. The summed E-state index contributed by atoms with van der Waals surface area (Å²) in [4.78, 5) is -0.846. The molecule has 0 aliphatic carbocycles. The van der Waals surface area contributed by atoms with Gasteiger partial charge in [0.2, 0.25) is 0 Å². The second-order valence-electron chi connectivity index (χ2n) is 8.69. The summed E-state index contributed by atoms with van der Waals surface area (Å²) in [5.74, 6) is 0.142.